The minimum Gasteiger partial charge on any atom is -0.366 e. The highest BCUT2D eigenvalue weighted by Crippen LogP contribution is 2.30. The van der Waals surface area contributed by atoms with Crippen molar-refractivity contribution in [2.24, 2.45) is 11.5 Å². The van der Waals surface area contributed by atoms with E-state index in [-0.39, 0.29) is 33.0 Å². The summed E-state index contributed by atoms with van der Waals surface area (Å²) < 4.78 is 0. The Bertz CT molecular complexity index is 820. The predicted octanol–water partition coefficient (Wildman–Crippen LogP) is -0.724. The smallest absolute Gasteiger partial charge is 0.275 e. The van der Waals surface area contributed by atoms with Gasteiger partial charge < -0.3 is 11.5 Å². The van der Waals surface area contributed by atoms with Gasteiger partial charge in [0.05, 0.1) is 11.1 Å². The fraction of sp³-hybridized carbons (Fsp3) is 0. The number of hydroxylamine groups is 2. The monoisotopic (exact) mass is 332 g/mol. The van der Waals surface area contributed by atoms with Gasteiger partial charge in [-0.15, -0.1) is 0 Å². The van der Waals surface area contributed by atoms with Gasteiger partial charge in [0.1, 0.15) is 0 Å². The number of nitrogens with one attached hydrogen (secondary N) is 2. The minimum atomic E-state index is -1.000. The van der Waals surface area contributed by atoms with E-state index in [1.807, 2.05) is 0 Å². The van der Waals surface area contributed by atoms with Gasteiger partial charge >= 0.3 is 0 Å². The zero-order valence-electron chi connectivity index (χ0n) is 12.0. The van der Waals surface area contributed by atoms with Gasteiger partial charge in [-0.05, 0) is 24.3 Å². The Kier molecular flexibility index (Phi) is 4.44. The lowest BCUT2D eigenvalue weighted by molar-refractivity contribution is 0.0700. The third-order valence-corrected chi connectivity index (χ3v) is 3.38. The number of primary amides is 2. The highest BCUT2D eigenvalue weighted by Gasteiger charge is 2.24. The first-order valence-corrected chi connectivity index (χ1v) is 6.41. The Labute approximate surface area is 133 Å². The fourth-order valence-corrected chi connectivity index (χ4v) is 2.41. The standard InChI is InChI=1S/C14H12N4O6/c15-11(19)5-1-2-6(12(16)20)10-8(14(22)18-24)4-3-7(9(5)10)13(21)17-23/h1-4,23-24H,(H2,15,19)(H2,16,20)(H,17,21)(H,18,22). The summed E-state index contributed by atoms with van der Waals surface area (Å²) >= 11 is 0. The van der Waals surface area contributed by atoms with Crippen LogP contribution in [-0.2, 0) is 0 Å². The number of carbonyl (C=O) groups excluding carboxylic acids is 4. The molecule has 4 amide bonds. The largest absolute Gasteiger partial charge is 0.366 e. The average molecular weight is 332 g/mol. The van der Waals surface area contributed by atoms with Crippen molar-refractivity contribution in [2.45, 2.75) is 0 Å². The SMILES string of the molecule is NC(=O)c1ccc(C(N)=O)c2c(C(=O)NO)ccc(C(=O)NO)c12. The second kappa shape index (κ2) is 6.32. The molecule has 2 aromatic rings. The van der Waals surface area contributed by atoms with Crippen LogP contribution in [0.3, 0.4) is 0 Å². The van der Waals surface area contributed by atoms with Crippen LogP contribution < -0.4 is 22.4 Å². The summed E-state index contributed by atoms with van der Waals surface area (Å²) in [5.41, 5.74) is 12.5. The molecule has 0 atom stereocenters. The molecule has 0 heterocycles. The first kappa shape index (κ1) is 16.9. The number of carbonyl (C=O) groups is 4. The van der Waals surface area contributed by atoms with Crippen LogP contribution in [0.5, 0.6) is 0 Å². The summed E-state index contributed by atoms with van der Waals surface area (Å²) in [5, 5.41) is 17.4. The number of benzene rings is 2. The van der Waals surface area contributed by atoms with Crippen molar-refractivity contribution in [3.8, 4) is 0 Å². The Morgan fingerprint density at radius 1 is 0.667 bits per heavy atom. The van der Waals surface area contributed by atoms with E-state index in [1.165, 1.54) is 23.1 Å². The molecule has 0 radical (unpaired) electrons. The molecule has 8 N–H and O–H groups in total. The number of hydrogen-bond acceptors (Lipinski definition) is 6. The lowest BCUT2D eigenvalue weighted by atomic mass is 9.90. The molecule has 24 heavy (non-hydrogen) atoms. The summed E-state index contributed by atoms with van der Waals surface area (Å²) in [6, 6.07) is 4.57. The van der Waals surface area contributed by atoms with Gasteiger partial charge in [-0.25, -0.2) is 11.0 Å². The van der Waals surface area contributed by atoms with E-state index in [0.717, 1.165) is 12.1 Å². The van der Waals surface area contributed by atoms with Crippen LogP contribution >= 0.6 is 0 Å². The summed E-state index contributed by atoms with van der Waals surface area (Å²) in [5.74, 6) is -3.88. The van der Waals surface area contributed by atoms with Gasteiger partial charge in [0.2, 0.25) is 11.8 Å². The molecule has 0 saturated heterocycles. The Morgan fingerprint density at radius 3 is 1.21 bits per heavy atom. The molecule has 0 spiro atoms. The molecule has 0 saturated carbocycles. The summed E-state index contributed by atoms with van der Waals surface area (Å²) in [4.78, 5) is 47.1. The van der Waals surface area contributed by atoms with Crippen LogP contribution in [0.15, 0.2) is 24.3 Å². The number of nitrogens with two attached hydrogens (primary N) is 2. The Hall–Kier alpha value is -3.50. The van der Waals surface area contributed by atoms with Crippen LogP contribution in [-0.4, -0.2) is 34.0 Å². The maximum absolute atomic E-state index is 11.9. The van der Waals surface area contributed by atoms with Crippen LogP contribution in [0.4, 0.5) is 0 Å². The number of rotatable bonds is 4. The summed E-state index contributed by atoms with van der Waals surface area (Å²) in [7, 11) is 0. The first-order chi connectivity index (χ1) is 11.3. The lowest BCUT2D eigenvalue weighted by Crippen LogP contribution is -2.24. The maximum atomic E-state index is 11.9. The van der Waals surface area contributed by atoms with Crippen molar-refractivity contribution in [1.82, 2.24) is 11.0 Å². The molecule has 2 aromatic carbocycles. The van der Waals surface area contributed by atoms with Crippen molar-refractivity contribution >= 4 is 34.4 Å². The van der Waals surface area contributed by atoms with E-state index < -0.39 is 23.6 Å². The Balaban J connectivity index is 3.11. The molecule has 0 aliphatic carbocycles. The molecule has 124 valence electrons. The number of hydrogen-bond donors (Lipinski definition) is 6. The van der Waals surface area contributed by atoms with E-state index >= 15 is 0 Å². The van der Waals surface area contributed by atoms with Gasteiger partial charge in [0.25, 0.3) is 11.8 Å². The predicted molar refractivity (Wildman–Crippen MR) is 79.5 cm³/mol. The minimum absolute atomic E-state index is 0.161. The quantitative estimate of drug-likeness (QED) is 0.316. The summed E-state index contributed by atoms with van der Waals surface area (Å²) in [6.45, 7) is 0. The topological polar surface area (TPSA) is 185 Å². The molecular weight excluding hydrogens is 320 g/mol. The van der Waals surface area contributed by atoms with Gasteiger partial charge in [-0.2, -0.15) is 0 Å². The number of amides is 4. The normalized spacial score (nSPS) is 10.2. The van der Waals surface area contributed by atoms with E-state index in [9.17, 15) is 19.2 Å². The van der Waals surface area contributed by atoms with Gasteiger partial charge in [-0.3, -0.25) is 29.6 Å². The van der Waals surface area contributed by atoms with Crippen molar-refractivity contribution in [2.75, 3.05) is 0 Å². The lowest BCUT2D eigenvalue weighted by Gasteiger charge is -2.14. The molecular formula is C14H12N4O6. The van der Waals surface area contributed by atoms with E-state index in [0.29, 0.717) is 0 Å². The maximum Gasteiger partial charge on any atom is 0.275 e. The third kappa shape index (κ3) is 2.62. The summed E-state index contributed by atoms with van der Waals surface area (Å²) in [6.07, 6.45) is 0. The zero-order chi connectivity index (χ0) is 18.0. The van der Waals surface area contributed by atoms with Gasteiger partial charge in [0.15, 0.2) is 0 Å². The van der Waals surface area contributed by atoms with Crippen LogP contribution in [0.25, 0.3) is 10.8 Å². The van der Waals surface area contributed by atoms with Crippen molar-refractivity contribution in [3.63, 3.8) is 0 Å². The fourth-order valence-electron chi connectivity index (χ4n) is 2.41. The molecule has 0 aliphatic rings. The molecule has 0 bridgehead atoms. The molecule has 0 fully saturated rings. The van der Waals surface area contributed by atoms with Gasteiger partial charge in [0, 0.05) is 21.9 Å². The van der Waals surface area contributed by atoms with Crippen LogP contribution in [0, 0.1) is 0 Å². The first-order valence-electron chi connectivity index (χ1n) is 6.41. The van der Waals surface area contributed by atoms with E-state index in [4.69, 9.17) is 21.9 Å². The molecule has 2 rings (SSSR count). The molecule has 0 aromatic heterocycles. The van der Waals surface area contributed by atoms with Crippen molar-refractivity contribution < 1.29 is 29.6 Å². The second-order valence-corrected chi connectivity index (χ2v) is 4.68. The zero-order valence-corrected chi connectivity index (χ0v) is 12.0. The van der Waals surface area contributed by atoms with E-state index in [1.54, 1.807) is 0 Å². The van der Waals surface area contributed by atoms with Crippen LogP contribution in [0.1, 0.15) is 41.4 Å². The highest BCUT2D eigenvalue weighted by atomic mass is 16.5. The highest BCUT2D eigenvalue weighted by molar-refractivity contribution is 6.24. The molecule has 0 aliphatic heterocycles. The molecule has 10 heteroatoms. The van der Waals surface area contributed by atoms with Crippen molar-refractivity contribution in [1.29, 1.82) is 0 Å². The Morgan fingerprint density at radius 2 is 0.958 bits per heavy atom. The molecule has 10 nitrogen and oxygen atoms in total. The van der Waals surface area contributed by atoms with Crippen LogP contribution in [0.2, 0.25) is 0 Å². The second-order valence-electron chi connectivity index (χ2n) is 4.68. The van der Waals surface area contributed by atoms with Crippen molar-refractivity contribution in [3.05, 3.63) is 46.5 Å². The number of fused-ring (bicyclic) bond motifs is 1. The van der Waals surface area contributed by atoms with Gasteiger partial charge in [-0.1, -0.05) is 0 Å². The third-order valence-electron chi connectivity index (χ3n) is 3.38. The average Bonchev–Trinajstić information content (AvgIpc) is 2.57. The van der Waals surface area contributed by atoms with E-state index in [2.05, 4.69) is 0 Å². The molecule has 0 unspecified atom stereocenters.